The van der Waals surface area contributed by atoms with Crippen molar-refractivity contribution in [3.8, 4) is 0 Å². The molecule has 2 nitrogen and oxygen atoms in total. The number of aromatic nitrogens is 2. The number of halogens is 6. The topological polar surface area (TPSA) is 25.8 Å². The van der Waals surface area contributed by atoms with Crippen LogP contribution in [-0.2, 0) is 5.92 Å². The van der Waals surface area contributed by atoms with Crippen molar-refractivity contribution in [3.05, 3.63) is 23.2 Å². The Balaban J connectivity index is 3.16. The van der Waals surface area contributed by atoms with E-state index in [9.17, 15) is 22.0 Å². The van der Waals surface area contributed by atoms with Gasteiger partial charge in [-0.3, -0.25) is 0 Å². The minimum Gasteiger partial charge on any atom is -0.226 e. The van der Waals surface area contributed by atoms with Gasteiger partial charge in [0.15, 0.2) is 0 Å². The van der Waals surface area contributed by atoms with Gasteiger partial charge in [-0.1, -0.05) is 0 Å². The lowest BCUT2D eigenvalue weighted by Crippen LogP contribution is -2.34. The number of nitrogens with zero attached hydrogens (tertiary/aromatic N) is 2. The van der Waals surface area contributed by atoms with Crippen LogP contribution in [0, 0.1) is 0 Å². The molecule has 0 N–H and O–H groups in total. The molecule has 0 spiro atoms. The van der Waals surface area contributed by atoms with Crippen molar-refractivity contribution in [2.24, 2.45) is 0 Å². The Hall–Kier alpha value is -0.980. The van der Waals surface area contributed by atoms with Gasteiger partial charge in [0.05, 0.1) is 0 Å². The summed E-state index contributed by atoms with van der Waals surface area (Å²) in [5, 5.41) is -0.661. The van der Waals surface area contributed by atoms with Gasteiger partial charge in [0.1, 0.15) is 5.69 Å². The first-order chi connectivity index (χ1) is 6.25. The summed E-state index contributed by atoms with van der Waals surface area (Å²) in [7, 11) is 0. The molecule has 1 rings (SSSR count). The fourth-order valence-corrected chi connectivity index (χ4v) is 0.802. The molecule has 78 valence electrons. The molecule has 8 heteroatoms. The first-order valence-corrected chi connectivity index (χ1v) is 3.56. The van der Waals surface area contributed by atoms with Crippen LogP contribution in [0.15, 0.2) is 12.3 Å². The smallest absolute Gasteiger partial charge is 0.226 e. The Morgan fingerprint density at radius 3 is 2.14 bits per heavy atom. The fraction of sp³-hybridized carbons (Fsp3) is 0.333. The van der Waals surface area contributed by atoms with Crippen molar-refractivity contribution in [2.75, 3.05) is 0 Å². The second-order valence-electron chi connectivity index (χ2n) is 2.28. The van der Waals surface area contributed by atoms with Gasteiger partial charge in [-0.05, 0) is 17.7 Å². The van der Waals surface area contributed by atoms with E-state index in [1.807, 2.05) is 0 Å². The highest BCUT2D eigenvalue weighted by molar-refractivity contribution is 6.28. The quantitative estimate of drug-likeness (QED) is 0.550. The zero-order valence-corrected chi connectivity index (χ0v) is 7.07. The summed E-state index contributed by atoms with van der Waals surface area (Å²) in [4.78, 5) is 5.98. The molecule has 0 bridgehead atoms. The SMILES string of the molecule is FC(F)(F)C(F)(F)c1ccnc(Cl)n1. The van der Waals surface area contributed by atoms with E-state index in [0.717, 1.165) is 6.20 Å². The lowest BCUT2D eigenvalue weighted by molar-refractivity contribution is -0.291. The molecule has 0 aliphatic carbocycles. The Kier molecular flexibility index (Phi) is 2.62. The third-order valence-electron chi connectivity index (χ3n) is 1.30. The molecule has 0 atom stereocenters. The average Bonchev–Trinajstić information content (AvgIpc) is 2.02. The number of hydrogen-bond acceptors (Lipinski definition) is 2. The number of hydrogen-bond donors (Lipinski definition) is 0. The Labute approximate surface area is 79.7 Å². The van der Waals surface area contributed by atoms with E-state index >= 15 is 0 Å². The molecule has 0 saturated carbocycles. The first kappa shape index (κ1) is 11.1. The predicted molar refractivity (Wildman–Crippen MR) is 37.0 cm³/mol. The largest absolute Gasteiger partial charge is 0.459 e. The normalized spacial score (nSPS) is 13.0. The maximum Gasteiger partial charge on any atom is 0.459 e. The Morgan fingerprint density at radius 2 is 1.71 bits per heavy atom. The highest BCUT2D eigenvalue weighted by Crippen LogP contribution is 2.42. The zero-order valence-electron chi connectivity index (χ0n) is 6.32. The third kappa shape index (κ3) is 1.92. The van der Waals surface area contributed by atoms with Crippen LogP contribution >= 0.6 is 11.6 Å². The maximum atomic E-state index is 12.6. The third-order valence-corrected chi connectivity index (χ3v) is 1.49. The van der Waals surface area contributed by atoms with Crippen LogP contribution in [0.4, 0.5) is 22.0 Å². The van der Waals surface area contributed by atoms with Crippen molar-refractivity contribution < 1.29 is 22.0 Å². The van der Waals surface area contributed by atoms with Crippen LogP contribution in [-0.4, -0.2) is 16.1 Å². The van der Waals surface area contributed by atoms with Gasteiger partial charge in [-0.2, -0.15) is 22.0 Å². The molecule has 0 aliphatic heterocycles. The molecule has 0 unspecified atom stereocenters. The van der Waals surface area contributed by atoms with E-state index in [2.05, 4.69) is 9.97 Å². The van der Waals surface area contributed by atoms with Crippen LogP contribution in [0.2, 0.25) is 5.28 Å². The standard InChI is InChI=1S/C6H2ClF5N2/c7-4-13-2-1-3(14-4)5(8,9)6(10,11)12/h1-2H. The van der Waals surface area contributed by atoms with Crippen molar-refractivity contribution in [2.45, 2.75) is 12.1 Å². The van der Waals surface area contributed by atoms with E-state index in [-0.39, 0.29) is 0 Å². The second kappa shape index (κ2) is 3.30. The summed E-state index contributed by atoms with van der Waals surface area (Å²) in [6.07, 6.45) is -4.96. The van der Waals surface area contributed by atoms with Crippen molar-refractivity contribution in [1.82, 2.24) is 9.97 Å². The molecule has 0 fully saturated rings. The molecule has 0 saturated heterocycles. The van der Waals surface area contributed by atoms with Crippen LogP contribution < -0.4 is 0 Å². The summed E-state index contributed by atoms with van der Waals surface area (Å²) in [6, 6.07) is 0.458. The van der Waals surface area contributed by atoms with Crippen molar-refractivity contribution >= 4 is 11.6 Å². The van der Waals surface area contributed by atoms with Crippen molar-refractivity contribution in [3.63, 3.8) is 0 Å². The second-order valence-corrected chi connectivity index (χ2v) is 2.62. The van der Waals surface area contributed by atoms with E-state index < -0.39 is 23.1 Å². The first-order valence-electron chi connectivity index (χ1n) is 3.18. The van der Waals surface area contributed by atoms with E-state index in [1.165, 1.54) is 0 Å². The average molecular weight is 233 g/mol. The van der Waals surface area contributed by atoms with Crippen LogP contribution in [0.5, 0.6) is 0 Å². The van der Waals surface area contributed by atoms with Gasteiger partial charge in [-0.25, -0.2) is 9.97 Å². The van der Waals surface area contributed by atoms with Gasteiger partial charge >= 0.3 is 12.1 Å². The molecule has 0 radical (unpaired) electrons. The van der Waals surface area contributed by atoms with Crippen molar-refractivity contribution in [1.29, 1.82) is 0 Å². The van der Waals surface area contributed by atoms with Gasteiger partial charge < -0.3 is 0 Å². The summed E-state index contributed by atoms with van der Waals surface area (Å²) in [6.45, 7) is 0. The maximum absolute atomic E-state index is 12.6. The minimum absolute atomic E-state index is 0.458. The number of alkyl halides is 5. The molecule has 0 amide bonds. The lowest BCUT2D eigenvalue weighted by Gasteiger charge is -2.18. The highest BCUT2D eigenvalue weighted by atomic mass is 35.5. The van der Waals surface area contributed by atoms with Crippen LogP contribution in [0.1, 0.15) is 5.69 Å². The molecule has 14 heavy (non-hydrogen) atoms. The lowest BCUT2D eigenvalue weighted by atomic mass is 10.2. The summed E-state index contributed by atoms with van der Waals surface area (Å²) < 4.78 is 60.5. The summed E-state index contributed by atoms with van der Waals surface area (Å²) >= 11 is 5.08. The molecule has 0 aromatic carbocycles. The van der Waals surface area contributed by atoms with E-state index in [1.54, 1.807) is 0 Å². The highest BCUT2D eigenvalue weighted by Gasteiger charge is 2.60. The van der Waals surface area contributed by atoms with Gasteiger partial charge in [0.2, 0.25) is 5.28 Å². The summed E-state index contributed by atoms with van der Waals surface area (Å²) in [5.41, 5.74) is -1.47. The van der Waals surface area contributed by atoms with Crippen LogP contribution in [0.3, 0.4) is 0 Å². The molecular weight excluding hydrogens is 231 g/mol. The summed E-state index contributed by atoms with van der Waals surface area (Å²) in [5.74, 6) is -5.01. The molecule has 1 aromatic heterocycles. The Morgan fingerprint density at radius 1 is 1.14 bits per heavy atom. The van der Waals surface area contributed by atoms with Gasteiger partial charge in [-0.15, -0.1) is 0 Å². The molecule has 1 aromatic rings. The van der Waals surface area contributed by atoms with Crippen LogP contribution in [0.25, 0.3) is 0 Å². The molecule has 0 aliphatic rings. The minimum atomic E-state index is -5.69. The monoisotopic (exact) mass is 232 g/mol. The van der Waals surface area contributed by atoms with E-state index in [0.29, 0.717) is 6.07 Å². The Bertz CT molecular complexity index is 337. The predicted octanol–water partition coefficient (Wildman–Crippen LogP) is 2.78. The molecular formula is C6H2ClF5N2. The van der Waals surface area contributed by atoms with E-state index in [4.69, 9.17) is 11.6 Å². The fourth-order valence-electron chi connectivity index (χ4n) is 0.655. The number of rotatable bonds is 1. The molecule has 1 heterocycles. The van der Waals surface area contributed by atoms with Gasteiger partial charge in [0.25, 0.3) is 0 Å². The zero-order chi connectivity index (χ0) is 11.0. The van der Waals surface area contributed by atoms with Gasteiger partial charge in [0, 0.05) is 6.20 Å².